The first-order valence-electron chi connectivity index (χ1n) is 6.29. The van der Waals surface area contributed by atoms with E-state index in [0.29, 0.717) is 5.69 Å². The molecule has 2 unspecified atom stereocenters. The second kappa shape index (κ2) is 4.46. The molecule has 1 aromatic carbocycles. The first kappa shape index (κ1) is 11.8. The van der Waals surface area contributed by atoms with E-state index in [1.807, 2.05) is 25.1 Å². The number of carbonyl (C=O) groups is 1. The van der Waals surface area contributed by atoms with Crippen LogP contribution in [0.15, 0.2) is 41.0 Å². The molecule has 3 rings (SSSR count). The number of nitrogens with one attached hydrogen (secondary N) is 1. The van der Waals surface area contributed by atoms with Crippen molar-refractivity contribution in [3.63, 3.8) is 0 Å². The second-order valence-electron chi connectivity index (χ2n) is 4.97. The Kier molecular flexibility index (Phi) is 2.78. The number of phenols is 1. The molecule has 1 fully saturated rings. The molecule has 0 saturated heterocycles. The molecule has 1 saturated carbocycles. The van der Waals surface area contributed by atoms with Crippen molar-refractivity contribution in [1.29, 1.82) is 0 Å². The average molecular weight is 257 g/mol. The molecule has 1 aromatic heterocycles. The summed E-state index contributed by atoms with van der Waals surface area (Å²) >= 11 is 0. The number of phenolic OH excluding ortho intramolecular Hbond substituents is 1. The quantitative estimate of drug-likeness (QED) is 0.831. The van der Waals surface area contributed by atoms with E-state index in [4.69, 9.17) is 4.42 Å². The Morgan fingerprint density at radius 3 is 2.95 bits per heavy atom. The fourth-order valence-electron chi connectivity index (χ4n) is 2.27. The van der Waals surface area contributed by atoms with Crippen LogP contribution in [0.2, 0.25) is 0 Å². The van der Waals surface area contributed by atoms with Crippen LogP contribution in [-0.2, 0) is 4.79 Å². The van der Waals surface area contributed by atoms with Crippen LogP contribution in [0, 0.1) is 12.8 Å². The van der Waals surface area contributed by atoms with Crippen LogP contribution in [0.25, 0.3) is 0 Å². The SMILES string of the molecule is Cc1ccc(NC(=O)C2CC2c2ccco2)c(O)c1. The predicted octanol–water partition coefficient (Wildman–Crippen LogP) is 3.04. The van der Waals surface area contributed by atoms with Gasteiger partial charge in [-0.1, -0.05) is 6.07 Å². The molecule has 2 aromatic rings. The summed E-state index contributed by atoms with van der Waals surface area (Å²) in [6, 6.07) is 8.92. The highest BCUT2D eigenvalue weighted by Gasteiger charge is 2.45. The summed E-state index contributed by atoms with van der Waals surface area (Å²) in [5.41, 5.74) is 1.41. The maximum atomic E-state index is 12.1. The second-order valence-corrected chi connectivity index (χ2v) is 4.97. The van der Waals surface area contributed by atoms with Gasteiger partial charge < -0.3 is 14.8 Å². The zero-order valence-electron chi connectivity index (χ0n) is 10.6. The first-order chi connectivity index (χ1) is 9.15. The minimum absolute atomic E-state index is 0.0631. The Bertz CT molecular complexity index is 604. The monoisotopic (exact) mass is 257 g/mol. The molecule has 2 atom stereocenters. The van der Waals surface area contributed by atoms with E-state index in [9.17, 15) is 9.90 Å². The molecule has 0 spiro atoms. The summed E-state index contributed by atoms with van der Waals surface area (Å²) in [4.78, 5) is 12.1. The van der Waals surface area contributed by atoms with E-state index < -0.39 is 0 Å². The first-order valence-corrected chi connectivity index (χ1v) is 6.29. The summed E-state index contributed by atoms with van der Waals surface area (Å²) in [6.07, 6.45) is 2.42. The topological polar surface area (TPSA) is 62.5 Å². The van der Waals surface area contributed by atoms with Crippen molar-refractivity contribution in [3.05, 3.63) is 47.9 Å². The minimum Gasteiger partial charge on any atom is -0.506 e. The fraction of sp³-hybridized carbons (Fsp3) is 0.267. The lowest BCUT2D eigenvalue weighted by Gasteiger charge is -2.07. The molecule has 4 heteroatoms. The van der Waals surface area contributed by atoms with Crippen molar-refractivity contribution in [2.75, 3.05) is 5.32 Å². The lowest BCUT2D eigenvalue weighted by atomic mass is 10.2. The summed E-state index contributed by atoms with van der Waals surface area (Å²) in [5.74, 6) is 0.992. The molecular weight excluding hydrogens is 242 g/mol. The van der Waals surface area contributed by atoms with E-state index in [0.717, 1.165) is 17.7 Å². The van der Waals surface area contributed by atoms with Crippen molar-refractivity contribution >= 4 is 11.6 Å². The van der Waals surface area contributed by atoms with Crippen LogP contribution in [0.3, 0.4) is 0 Å². The lowest BCUT2D eigenvalue weighted by Crippen LogP contribution is -2.14. The van der Waals surface area contributed by atoms with Crippen LogP contribution in [0.4, 0.5) is 5.69 Å². The highest BCUT2D eigenvalue weighted by molar-refractivity contribution is 5.96. The van der Waals surface area contributed by atoms with E-state index in [1.54, 1.807) is 18.4 Å². The van der Waals surface area contributed by atoms with Gasteiger partial charge in [-0.05, 0) is 43.2 Å². The van der Waals surface area contributed by atoms with Gasteiger partial charge in [0, 0.05) is 11.8 Å². The van der Waals surface area contributed by atoms with Crippen LogP contribution >= 0.6 is 0 Å². The number of hydrogen-bond donors (Lipinski definition) is 2. The van der Waals surface area contributed by atoms with E-state index in [1.165, 1.54) is 0 Å². The highest BCUT2D eigenvalue weighted by atomic mass is 16.3. The third-order valence-corrected chi connectivity index (χ3v) is 3.45. The van der Waals surface area contributed by atoms with Crippen LogP contribution < -0.4 is 5.32 Å². The third-order valence-electron chi connectivity index (χ3n) is 3.45. The average Bonchev–Trinajstić information content (AvgIpc) is 2.99. The van der Waals surface area contributed by atoms with Crippen LogP contribution in [-0.4, -0.2) is 11.0 Å². The molecular formula is C15H15NO3. The van der Waals surface area contributed by atoms with Crippen molar-refractivity contribution in [3.8, 4) is 5.75 Å². The van der Waals surface area contributed by atoms with Crippen LogP contribution in [0.5, 0.6) is 5.75 Å². The van der Waals surface area contributed by atoms with E-state index in [2.05, 4.69) is 5.32 Å². The fourth-order valence-corrected chi connectivity index (χ4v) is 2.27. The van der Waals surface area contributed by atoms with E-state index >= 15 is 0 Å². The van der Waals surface area contributed by atoms with E-state index in [-0.39, 0.29) is 23.5 Å². The summed E-state index contributed by atoms with van der Waals surface area (Å²) in [5, 5.41) is 12.5. The number of carbonyl (C=O) groups excluding carboxylic acids is 1. The van der Waals surface area contributed by atoms with Gasteiger partial charge in [-0.25, -0.2) is 0 Å². The molecule has 1 aliphatic carbocycles. The summed E-state index contributed by atoms with van der Waals surface area (Å²) in [7, 11) is 0. The molecule has 0 bridgehead atoms. The molecule has 4 nitrogen and oxygen atoms in total. The largest absolute Gasteiger partial charge is 0.506 e. The number of aryl methyl sites for hydroxylation is 1. The lowest BCUT2D eigenvalue weighted by molar-refractivity contribution is -0.117. The highest BCUT2D eigenvalue weighted by Crippen LogP contribution is 2.48. The number of amides is 1. The zero-order valence-corrected chi connectivity index (χ0v) is 10.6. The van der Waals surface area contributed by atoms with Gasteiger partial charge in [-0.2, -0.15) is 0 Å². The Hall–Kier alpha value is -2.23. The number of anilines is 1. The standard InChI is InChI=1S/C15H15NO3/c1-9-4-5-12(13(17)7-9)16-15(18)11-8-10(11)14-3-2-6-19-14/h2-7,10-11,17H,8H2,1H3,(H,16,18). The molecule has 0 radical (unpaired) electrons. The number of aromatic hydroxyl groups is 1. The van der Waals surface area contributed by atoms with Gasteiger partial charge in [-0.15, -0.1) is 0 Å². The molecule has 98 valence electrons. The molecule has 1 amide bonds. The van der Waals surface area contributed by atoms with Crippen LogP contribution in [0.1, 0.15) is 23.7 Å². The number of furan rings is 1. The molecule has 1 aliphatic rings. The van der Waals surface area contributed by atoms with Gasteiger partial charge >= 0.3 is 0 Å². The number of benzene rings is 1. The Morgan fingerprint density at radius 1 is 1.42 bits per heavy atom. The third kappa shape index (κ3) is 2.34. The maximum absolute atomic E-state index is 12.1. The smallest absolute Gasteiger partial charge is 0.228 e. The van der Waals surface area contributed by atoms with Gasteiger partial charge in [0.15, 0.2) is 0 Å². The zero-order chi connectivity index (χ0) is 13.4. The van der Waals surface area contributed by atoms with Gasteiger partial charge in [0.05, 0.1) is 12.0 Å². The Balaban J connectivity index is 1.67. The molecule has 19 heavy (non-hydrogen) atoms. The van der Waals surface area contributed by atoms with Gasteiger partial charge in [0.2, 0.25) is 5.91 Å². The van der Waals surface area contributed by atoms with Crippen molar-refractivity contribution in [2.24, 2.45) is 5.92 Å². The minimum atomic E-state index is -0.0689. The van der Waals surface area contributed by atoms with Gasteiger partial charge in [0.25, 0.3) is 0 Å². The maximum Gasteiger partial charge on any atom is 0.228 e. The van der Waals surface area contributed by atoms with Crippen molar-refractivity contribution < 1.29 is 14.3 Å². The number of rotatable bonds is 3. The summed E-state index contributed by atoms with van der Waals surface area (Å²) < 4.78 is 5.30. The molecule has 2 N–H and O–H groups in total. The van der Waals surface area contributed by atoms with Crippen molar-refractivity contribution in [2.45, 2.75) is 19.3 Å². The van der Waals surface area contributed by atoms with Crippen molar-refractivity contribution in [1.82, 2.24) is 0 Å². The van der Waals surface area contributed by atoms with Gasteiger partial charge in [-0.3, -0.25) is 4.79 Å². The summed E-state index contributed by atoms with van der Waals surface area (Å²) in [6.45, 7) is 1.89. The number of hydrogen-bond acceptors (Lipinski definition) is 3. The van der Waals surface area contributed by atoms with Gasteiger partial charge in [0.1, 0.15) is 11.5 Å². The Labute approximate surface area is 111 Å². The normalized spacial score (nSPS) is 21.1. The molecule has 0 aliphatic heterocycles. The Morgan fingerprint density at radius 2 is 2.26 bits per heavy atom. The molecule has 1 heterocycles. The predicted molar refractivity (Wildman–Crippen MR) is 71.0 cm³/mol.